The van der Waals surface area contributed by atoms with Crippen LogP contribution in [0.4, 0.5) is 17.2 Å². The van der Waals surface area contributed by atoms with Crippen LogP contribution in [0.3, 0.4) is 0 Å². The van der Waals surface area contributed by atoms with Gasteiger partial charge in [-0.3, -0.25) is 0 Å². The smallest absolute Gasteiger partial charge is 0.248 e. The highest BCUT2D eigenvalue weighted by Crippen LogP contribution is 2.35. The van der Waals surface area contributed by atoms with Crippen molar-refractivity contribution in [3.05, 3.63) is 53.3 Å². The van der Waals surface area contributed by atoms with Crippen molar-refractivity contribution >= 4 is 28.8 Å². The summed E-state index contributed by atoms with van der Waals surface area (Å²) in [6, 6.07) is 10.7. The average molecular weight is 387 g/mol. The minimum absolute atomic E-state index is 0.238. The molecule has 1 heterocycles. The van der Waals surface area contributed by atoms with Crippen molar-refractivity contribution in [2.45, 2.75) is 6.92 Å². The van der Waals surface area contributed by atoms with Crippen LogP contribution < -0.4 is 25.3 Å². The largest absolute Gasteiger partial charge is 0.497 e. The molecule has 8 heteroatoms. The number of rotatable bonds is 6. The van der Waals surface area contributed by atoms with Crippen molar-refractivity contribution in [2.75, 3.05) is 25.3 Å². The van der Waals surface area contributed by atoms with E-state index in [1.165, 1.54) is 6.33 Å². The Labute approximate surface area is 162 Å². The molecule has 0 amide bonds. The van der Waals surface area contributed by atoms with E-state index >= 15 is 0 Å². The molecule has 0 aliphatic heterocycles. The second-order valence-electron chi connectivity index (χ2n) is 5.65. The number of nitrogens with one attached hydrogen (secondary N) is 1. The Kier molecular flexibility index (Phi) is 5.52. The van der Waals surface area contributed by atoms with E-state index in [1.54, 1.807) is 38.5 Å². The van der Waals surface area contributed by atoms with Gasteiger partial charge >= 0.3 is 0 Å². The van der Waals surface area contributed by atoms with E-state index in [1.807, 2.05) is 19.1 Å². The summed E-state index contributed by atoms with van der Waals surface area (Å²) < 4.78 is 16.4. The first-order chi connectivity index (χ1) is 13.0. The van der Waals surface area contributed by atoms with E-state index in [9.17, 15) is 0 Å². The van der Waals surface area contributed by atoms with Gasteiger partial charge in [0.15, 0.2) is 5.82 Å². The predicted molar refractivity (Wildman–Crippen MR) is 106 cm³/mol. The molecule has 0 aliphatic rings. The quantitative estimate of drug-likeness (QED) is 0.640. The lowest BCUT2D eigenvalue weighted by Gasteiger charge is -2.14. The normalized spacial score (nSPS) is 10.4. The summed E-state index contributed by atoms with van der Waals surface area (Å²) in [5.41, 5.74) is 8.03. The Morgan fingerprint density at radius 2 is 1.78 bits per heavy atom. The van der Waals surface area contributed by atoms with Crippen LogP contribution in [0.15, 0.2) is 42.7 Å². The molecule has 3 aromatic rings. The third-order valence-corrected chi connectivity index (χ3v) is 4.28. The Balaban J connectivity index is 1.88. The van der Waals surface area contributed by atoms with Crippen LogP contribution in [0.25, 0.3) is 0 Å². The van der Waals surface area contributed by atoms with E-state index in [-0.39, 0.29) is 11.6 Å². The second-order valence-corrected chi connectivity index (χ2v) is 6.05. The molecule has 0 fully saturated rings. The third kappa shape index (κ3) is 4.15. The van der Waals surface area contributed by atoms with Gasteiger partial charge < -0.3 is 25.3 Å². The van der Waals surface area contributed by atoms with E-state index in [0.717, 1.165) is 5.56 Å². The Morgan fingerprint density at radius 1 is 1.00 bits per heavy atom. The molecule has 1 aromatic heterocycles. The van der Waals surface area contributed by atoms with Crippen LogP contribution in [-0.4, -0.2) is 24.2 Å². The molecule has 0 spiro atoms. The van der Waals surface area contributed by atoms with Gasteiger partial charge in [0.1, 0.15) is 29.3 Å². The SMILES string of the molecule is COc1ccc(Nc2ncnc(Oc3ccc(Cl)c(C)c3)c2N)c(OC)c1. The van der Waals surface area contributed by atoms with Crippen molar-refractivity contribution in [3.8, 4) is 23.1 Å². The Bertz CT molecular complexity index is 966. The lowest BCUT2D eigenvalue weighted by molar-refractivity contribution is 0.395. The number of aryl methyl sites for hydroxylation is 1. The molecule has 2 aromatic carbocycles. The zero-order valence-electron chi connectivity index (χ0n) is 15.1. The number of hydrogen-bond acceptors (Lipinski definition) is 7. The number of ether oxygens (including phenoxy) is 3. The lowest BCUT2D eigenvalue weighted by Crippen LogP contribution is -2.04. The van der Waals surface area contributed by atoms with E-state index < -0.39 is 0 Å². The van der Waals surface area contributed by atoms with Gasteiger partial charge in [0.2, 0.25) is 5.88 Å². The first-order valence-electron chi connectivity index (χ1n) is 8.05. The van der Waals surface area contributed by atoms with Gasteiger partial charge in [-0.25, -0.2) is 4.98 Å². The highest BCUT2D eigenvalue weighted by atomic mass is 35.5. The van der Waals surface area contributed by atoms with Gasteiger partial charge in [0.05, 0.1) is 19.9 Å². The molecular weight excluding hydrogens is 368 g/mol. The monoisotopic (exact) mass is 386 g/mol. The maximum Gasteiger partial charge on any atom is 0.248 e. The topological polar surface area (TPSA) is 91.5 Å². The maximum atomic E-state index is 6.19. The van der Waals surface area contributed by atoms with Gasteiger partial charge in [-0.2, -0.15) is 4.98 Å². The molecule has 0 saturated carbocycles. The molecule has 0 atom stereocenters. The first kappa shape index (κ1) is 18.6. The van der Waals surface area contributed by atoms with Crippen LogP contribution >= 0.6 is 11.6 Å². The minimum Gasteiger partial charge on any atom is -0.497 e. The molecule has 27 heavy (non-hydrogen) atoms. The molecule has 0 bridgehead atoms. The lowest BCUT2D eigenvalue weighted by atomic mass is 10.2. The molecule has 140 valence electrons. The molecule has 3 N–H and O–H groups in total. The van der Waals surface area contributed by atoms with Crippen molar-refractivity contribution < 1.29 is 14.2 Å². The van der Waals surface area contributed by atoms with Crippen LogP contribution in [0, 0.1) is 6.92 Å². The highest BCUT2D eigenvalue weighted by molar-refractivity contribution is 6.31. The van der Waals surface area contributed by atoms with Gasteiger partial charge in [-0.15, -0.1) is 0 Å². The summed E-state index contributed by atoms with van der Waals surface area (Å²) in [4.78, 5) is 8.31. The standard InChI is InChI=1S/C19H19ClN4O3/c1-11-8-13(4-6-14(11)20)27-19-17(21)18(22-10-23-19)24-15-7-5-12(25-2)9-16(15)26-3/h4-10H,21H2,1-3H3,(H,22,23,24). The highest BCUT2D eigenvalue weighted by Gasteiger charge is 2.13. The van der Waals surface area contributed by atoms with Crippen LogP contribution in [-0.2, 0) is 0 Å². The van der Waals surface area contributed by atoms with Crippen LogP contribution in [0.5, 0.6) is 23.1 Å². The number of benzene rings is 2. The van der Waals surface area contributed by atoms with E-state index in [2.05, 4.69) is 15.3 Å². The van der Waals surface area contributed by atoms with Crippen LogP contribution in [0.2, 0.25) is 5.02 Å². The fraction of sp³-hybridized carbons (Fsp3) is 0.158. The summed E-state index contributed by atoms with van der Waals surface area (Å²) in [5, 5.41) is 3.79. The summed E-state index contributed by atoms with van der Waals surface area (Å²) in [6.45, 7) is 1.89. The zero-order valence-corrected chi connectivity index (χ0v) is 15.9. The van der Waals surface area contributed by atoms with Gasteiger partial charge in [0.25, 0.3) is 0 Å². The van der Waals surface area contributed by atoms with E-state index in [4.69, 9.17) is 31.5 Å². The van der Waals surface area contributed by atoms with Crippen molar-refractivity contribution in [1.29, 1.82) is 0 Å². The van der Waals surface area contributed by atoms with Crippen molar-refractivity contribution in [3.63, 3.8) is 0 Å². The molecule has 0 aliphatic carbocycles. The molecule has 0 unspecified atom stereocenters. The first-order valence-corrected chi connectivity index (χ1v) is 8.43. The average Bonchev–Trinajstić information content (AvgIpc) is 2.68. The third-order valence-electron chi connectivity index (χ3n) is 3.85. The zero-order chi connectivity index (χ0) is 19.4. The summed E-state index contributed by atoms with van der Waals surface area (Å²) in [7, 11) is 3.16. The predicted octanol–water partition coefficient (Wildman–Crippen LogP) is 4.57. The molecular formula is C19H19ClN4O3. The van der Waals surface area contributed by atoms with Gasteiger partial charge in [0, 0.05) is 11.1 Å². The molecule has 7 nitrogen and oxygen atoms in total. The second kappa shape index (κ2) is 8.01. The van der Waals surface area contributed by atoms with E-state index in [0.29, 0.717) is 33.8 Å². The number of halogens is 1. The Morgan fingerprint density at radius 3 is 2.48 bits per heavy atom. The summed E-state index contributed by atoms with van der Waals surface area (Å²) in [5.74, 6) is 2.48. The van der Waals surface area contributed by atoms with Gasteiger partial charge in [-0.05, 0) is 42.8 Å². The number of methoxy groups -OCH3 is 2. The van der Waals surface area contributed by atoms with Gasteiger partial charge in [-0.1, -0.05) is 11.6 Å². The number of nitrogens with zero attached hydrogens (tertiary/aromatic N) is 2. The number of hydrogen-bond donors (Lipinski definition) is 2. The number of anilines is 3. The Hall–Kier alpha value is -3.19. The van der Waals surface area contributed by atoms with Crippen LogP contribution in [0.1, 0.15) is 5.56 Å². The summed E-state index contributed by atoms with van der Waals surface area (Å²) >= 11 is 6.04. The number of aromatic nitrogens is 2. The van der Waals surface area contributed by atoms with Crippen molar-refractivity contribution in [2.24, 2.45) is 0 Å². The molecule has 0 radical (unpaired) electrons. The fourth-order valence-corrected chi connectivity index (χ4v) is 2.50. The number of nitrogens with two attached hydrogens (primary N) is 1. The molecule has 3 rings (SSSR count). The van der Waals surface area contributed by atoms with Crippen molar-refractivity contribution in [1.82, 2.24) is 9.97 Å². The minimum atomic E-state index is 0.238. The fourth-order valence-electron chi connectivity index (χ4n) is 2.38. The number of nitrogen functional groups attached to an aromatic ring is 1. The maximum absolute atomic E-state index is 6.19. The molecule has 0 saturated heterocycles. The summed E-state index contributed by atoms with van der Waals surface area (Å²) in [6.07, 6.45) is 1.37.